The summed E-state index contributed by atoms with van der Waals surface area (Å²) in [5.41, 5.74) is 5.61. The Morgan fingerprint density at radius 1 is 1.56 bits per heavy atom. The summed E-state index contributed by atoms with van der Waals surface area (Å²) >= 11 is 0. The van der Waals surface area contributed by atoms with E-state index in [0.29, 0.717) is 6.54 Å². The van der Waals surface area contributed by atoms with Crippen molar-refractivity contribution in [1.82, 2.24) is 14.5 Å². The van der Waals surface area contributed by atoms with Crippen molar-refractivity contribution in [2.24, 2.45) is 0 Å². The van der Waals surface area contributed by atoms with Gasteiger partial charge in [-0.2, -0.15) is 9.40 Å². The van der Waals surface area contributed by atoms with Gasteiger partial charge in [-0.05, 0) is 12.8 Å². The SMILES string of the molecule is C=CCN(C1CCCC1)S(=O)(=O)c1cn[nH]c1N. The van der Waals surface area contributed by atoms with Crippen LogP contribution in [0.4, 0.5) is 5.82 Å². The number of nitrogens with two attached hydrogens (primary N) is 1. The molecule has 0 aromatic carbocycles. The molecule has 1 aromatic rings. The van der Waals surface area contributed by atoms with Gasteiger partial charge in [-0.3, -0.25) is 5.10 Å². The summed E-state index contributed by atoms with van der Waals surface area (Å²) in [7, 11) is -3.59. The number of rotatable bonds is 5. The van der Waals surface area contributed by atoms with Crippen LogP contribution >= 0.6 is 0 Å². The molecule has 0 unspecified atom stereocenters. The van der Waals surface area contributed by atoms with Gasteiger partial charge in [-0.1, -0.05) is 18.9 Å². The Balaban J connectivity index is 2.35. The predicted octanol–water partition coefficient (Wildman–Crippen LogP) is 1.11. The zero-order valence-corrected chi connectivity index (χ0v) is 11.0. The van der Waals surface area contributed by atoms with Gasteiger partial charge in [0.1, 0.15) is 10.7 Å². The number of aromatic amines is 1. The smallest absolute Gasteiger partial charge is 0.248 e. The monoisotopic (exact) mass is 270 g/mol. The number of hydrogen-bond donors (Lipinski definition) is 2. The highest BCUT2D eigenvalue weighted by Gasteiger charge is 2.34. The molecule has 0 radical (unpaired) electrons. The van der Waals surface area contributed by atoms with E-state index in [1.807, 2.05) is 0 Å². The van der Waals surface area contributed by atoms with E-state index >= 15 is 0 Å². The molecular weight excluding hydrogens is 252 g/mol. The standard InChI is InChI=1S/C11H18N4O2S/c1-2-7-15(9-5-3-4-6-9)18(16,17)10-8-13-14-11(10)12/h2,8-9H,1,3-7H2,(H3,12,13,14). The summed E-state index contributed by atoms with van der Waals surface area (Å²) in [6, 6.07) is 0.0438. The van der Waals surface area contributed by atoms with Crippen LogP contribution in [0.15, 0.2) is 23.7 Å². The minimum absolute atomic E-state index is 0.0438. The lowest BCUT2D eigenvalue weighted by Gasteiger charge is -2.26. The fourth-order valence-electron chi connectivity index (χ4n) is 2.38. The second-order valence-corrected chi connectivity index (χ2v) is 6.31. The third kappa shape index (κ3) is 2.28. The lowest BCUT2D eigenvalue weighted by atomic mass is 10.2. The van der Waals surface area contributed by atoms with Crippen molar-refractivity contribution in [3.63, 3.8) is 0 Å². The second-order valence-electron chi connectivity index (χ2n) is 4.45. The summed E-state index contributed by atoms with van der Waals surface area (Å²) in [4.78, 5) is 0.0521. The molecule has 100 valence electrons. The molecule has 0 atom stereocenters. The van der Waals surface area contributed by atoms with Gasteiger partial charge in [0.25, 0.3) is 0 Å². The Labute approximate surface area is 107 Å². The number of sulfonamides is 1. The van der Waals surface area contributed by atoms with Crippen molar-refractivity contribution in [3.8, 4) is 0 Å². The maximum Gasteiger partial charge on any atom is 0.248 e. The molecule has 0 bridgehead atoms. The van der Waals surface area contributed by atoms with Crippen LogP contribution in [0.25, 0.3) is 0 Å². The summed E-state index contributed by atoms with van der Waals surface area (Å²) in [5, 5.41) is 6.13. The molecule has 1 aliphatic rings. The maximum atomic E-state index is 12.5. The molecule has 0 amide bonds. The Bertz CT molecular complexity index is 517. The topological polar surface area (TPSA) is 92.1 Å². The van der Waals surface area contributed by atoms with Crippen LogP contribution in [0.2, 0.25) is 0 Å². The Kier molecular flexibility index (Phi) is 3.72. The zero-order valence-electron chi connectivity index (χ0n) is 10.2. The molecular formula is C11H18N4O2S. The highest BCUT2D eigenvalue weighted by atomic mass is 32.2. The molecule has 0 aliphatic heterocycles. The van der Waals surface area contributed by atoms with Crippen LogP contribution in [-0.2, 0) is 10.0 Å². The normalized spacial score (nSPS) is 17.4. The molecule has 18 heavy (non-hydrogen) atoms. The van der Waals surface area contributed by atoms with Gasteiger partial charge >= 0.3 is 0 Å². The first-order valence-electron chi connectivity index (χ1n) is 5.99. The highest BCUT2D eigenvalue weighted by molar-refractivity contribution is 7.89. The average molecular weight is 270 g/mol. The number of nitrogens with zero attached hydrogens (tertiary/aromatic N) is 2. The molecule has 7 heteroatoms. The quantitative estimate of drug-likeness (QED) is 0.784. The molecule has 1 aliphatic carbocycles. The van der Waals surface area contributed by atoms with Crippen LogP contribution in [-0.4, -0.2) is 35.5 Å². The van der Waals surface area contributed by atoms with Crippen molar-refractivity contribution in [3.05, 3.63) is 18.9 Å². The molecule has 2 rings (SSSR count). The molecule has 3 N–H and O–H groups in total. The van der Waals surface area contributed by atoms with Crippen molar-refractivity contribution in [2.45, 2.75) is 36.6 Å². The molecule has 1 fully saturated rings. The number of anilines is 1. The minimum atomic E-state index is -3.59. The van der Waals surface area contributed by atoms with Crippen molar-refractivity contribution >= 4 is 15.8 Å². The molecule has 0 saturated heterocycles. The van der Waals surface area contributed by atoms with Gasteiger partial charge in [-0.15, -0.1) is 6.58 Å². The first-order valence-corrected chi connectivity index (χ1v) is 7.43. The average Bonchev–Trinajstić information content (AvgIpc) is 2.96. The second kappa shape index (κ2) is 5.11. The van der Waals surface area contributed by atoms with Crippen molar-refractivity contribution in [2.75, 3.05) is 12.3 Å². The fourth-order valence-corrected chi connectivity index (χ4v) is 4.05. The van der Waals surface area contributed by atoms with Gasteiger partial charge < -0.3 is 5.73 Å². The lowest BCUT2D eigenvalue weighted by Crippen LogP contribution is -2.39. The first-order chi connectivity index (χ1) is 8.57. The predicted molar refractivity (Wildman–Crippen MR) is 69.3 cm³/mol. The Hall–Kier alpha value is -1.34. The lowest BCUT2D eigenvalue weighted by molar-refractivity contribution is 0.348. The van der Waals surface area contributed by atoms with Crippen LogP contribution in [0.5, 0.6) is 0 Å². The number of hydrogen-bond acceptors (Lipinski definition) is 4. The molecule has 6 nitrogen and oxygen atoms in total. The highest BCUT2D eigenvalue weighted by Crippen LogP contribution is 2.29. The molecule has 1 saturated carbocycles. The molecule has 1 aromatic heterocycles. The van der Waals surface area contributed by atoms with E-state index in [9.17, 15) is 8.42 Å². The third-order valence-electron chi connectivity index (χ3n) is 3.26. The first kappa shape index (κ1) is 13.1. The van der Waals surface area contributed by atoms with E-state index < -0.39 is 10.0 Å². The maximum absolute atomic E-state index is 12.5. The van der Waals surface area contributed by atoms with Crippen LogP contribution in [0.3, 0.4) is 0 Å². The number of aromatic nitrogens is 2. The largest absolute Gasteiger partial charge is 0.383 e. The molecule has 0 spiro atoms. The van der Waals surface area contributed by atoms with Gasteiger partial charge in [0.2, 0.25) is 10.0 Å². The van der Waals surface area contributed by atoms with Crippen LogP contribution in [0.1, 0.15) is 25.7 Å². The summed E-state index contributed by atoms with van der Waals surface area (Å²) in [6.45, 7) is 3.93. The van der Waals surface area contributed by atoms with E-state index in [4.69, 9.17) is 5.73 Å². The van der Waals surface area contributed by atoms with Crippen molar-refractivity contribution < 1.29 is 8.42 Å². The molecule has 1 heterocycles. The van der Waals surface area contributed by atoms with Crippen molar-refractivity contribution in [1.29, 1.82) is 0 Å². The summed E-state index contributed by atoms with van der Waals surface area (Å²) < 4.78 is 26.5. The van der Waals surface area contributed by atoms with E-state index in [2.05, 4.69) is 16.8 Å². The van der Waals surface area contributed by atoms with E-state index in [0.717, 1.165) is 25.7 Å². The van der Waals surface area contributed by atoms with Gasteiger partial charge in [0.15, 0.2) is 0 Å². The van der Waals surface area contributed by atoms with Crippen LogP contribution < -0.4 is 5.73 Å². The van der Waals surface area contributed by atoms with E-state index in [1.165, 1.54) is 10.5 Å². The zero-order chi connectivity index (χ0) is 13.2. The number of nitrogen functional groups attached to an aromatic ring is 1. The van der Waals surface area contributed by atoms with Gasteiger partial charge in [-0.25, -0.2) is 8.42 Å². The van der Waals surface area contributed by atoms with Gasteiger partial charge in [0.05, 0.1) is 6.20 Å². The Morgan fingerprint density at radius 3 is 2.72 bits per heavy atom. The van der Waals surface area contributed by atoms with Gasteiger partial charge in [0, 0.05) is 12.6 Å². The third-order valence-corrected chi connectivity index (χ3v) is 5.21. The van der Waals surface area contributed by atoms with E-state index in [1.54, 1.807) is 6.08 Å². The minimum Gasteiger partial charge on any atom is -0.383 e. The summed E-state index contributed by atoms with van der Waals surface area (Å²) in [6.07, 6.45) is 6.78. The number of H-pyrrole nitrogens is 1. The van der Waals surface area contributed by atoms with E-state index in [-0.39, 0.29) is 16.8 Å². The number of nitrogens with one attached hydrogen (secondary N) is 1. The fraction of sp³-hybridized carbons (Fsp3) is 0.545. The van der Waals surface area contributed by atoms with Crippen LogP contribution in [0, 0.1) is 0 Å². The summed E-state index contributed by atoms with van der Waals surface area (Å²) in [5.74, 6) is 0.0852. The Morgan fingerprint density at radius 2 is 2.22 bits per heavy atom.